The summed E-state index contributed by atoms with van der Waals surface area (Å²) in [5.74, 6) is -0.201. The molecule has 1 saturated heterocycles. The Morgan fingerprint density at radius 2 is 2.56 bits per heavy atom. The molecular weight excluding hydrogens is 121 g/mol. The lowest BCUT2D eigenvalue weighted by atomic mass is 10.2. The van der Waals surface area contributed by atoms with Gasteiger partial charge in [0, 0.05) is 6.54 Å². The summed E-state index contributed by atoms with van der Waals surface area (Å²) >= 11 is 0. The molecule has 0 aromatic heterocycles. The largest absolute Gasteiger partial charge is 0.377 e. The van der Waals surface area contributed by atoms with Gasteiger partial charge in [-0.15, -0.1) is 0 Å². The molecule has 0 aromatic rings. The molecule has 0 unspecified atom stereocenters. The number of hydrogen-bond donors (Lipinski definition) is 1. The van der Waals surface area contributed by atoms with Crippen molar-refractivity contribution in [3.8, 4) is 0 Å². The highest BCUT2D eigenvalue weighted by molar-refractivity contribution is 5.11. The molecule has 0 bridgehead atoms. The molecule has 2 N–H and O–H groups in total. The standard InChI is InChI=1S/C6H10FNO/c7-6(3-8)5-1-2-9-4-5/h1-4,8H2/b6-5-. The normalized spacial score (nSPS) is 24.7. The summed E-state index contributed by atoms with van der Waals surface area (Å²) < 4.78 is 17.4. The van der Waals surface area contributed by atoms with Gasteiger partial charge in [-0.25, -0.2) is 4.39 Å². The van der Waals surface area contributed by atoms with Gasteiger partial charge < -0.3 is 10.5 Å². The Bertz CT molecular complexity index is 125. The Labute approximate surface area is 53.5 Å². The van der Waals surface area contributed by atoms with E-state index in [1.807, 2.05) is 0 Å². The topological polar surface area (TPSA) is 35.2 Å². The first-order valence-corrected chi connectivity index (χ1v) is 2.99. The lowest BCUT2D eigenvalue weighted by molar-refractivity contribution is 0.204. The van der Waals surface area contributed by atoms with Crippen LogP contribution in [-0.2, 0) is 4.74 Å². The highest BCUT2D eigenvalue weighted by Gasteiger charge is 2.10. The molecule has 1 aliphatic rings. The maximum absolute atomic E-state index is 12.5. The molecule has 9 heavy (non-hydrogen) atoms. The van der Waals surface area contributed by atoms with Crippen LogP contribution in [0.15, 0.2) is 11.4 Å². The summed E-state index contributed by atoms with van der Waals surface area (Å²) in [5, 5.41) is 0. The van der Waals surface area contributed by atoms with Crippen molar-refractivity contribution >= 4 is 0 Å². The molecule has 0 amide bonds. The second-order valence-electron chi connectivity index (χ2n) is 2.02. The van der Waals surface area contributed by atoms with Crippen molar-refractivity contribution < 1.29 is 9.13 Å². The van der Waals surface area contributed by atoms with Crippen LogP contribution in [0.2, 0.25) is 0 Å². The first kappa shape index (κ1) is 6.71. The molecule has 0 spiro atoms. The molecule has 0 saturated carbocycles. The lowest BCUT2D eigenvalue weighted by Gasteiger charge is -1.94. The SMILES string of the molecule is NC/C(F)=C1\CCOC1. The third-order valence-corrected chi connectivity index (χ3v) is 1.39. The maximum atomic E-state index is 12.5. The van der Waals surface area contributed by atoms with E-state index in [1.54, 1.807) is 0 Å². The number of rotatable bonds is 1. The molecule has 1 fully saturated rings. The van der Waals surface area contributed by atoms with Crippen LogP contribution in [0.4, 0.5) is 4.39 Å². The molecular formula is C6H10FNO. The quantitative estimate of drug-likeness (QED) is 0.565. The van der Waals surface area contributed by atoms with E-state index in [-0.39, 0.29) is 12.4 Å². The van der Waals surface area contributed by atoms with E-state index >= 15 is 0 Å². The van der Waals surface area contributed by atoms with E-state index in [0.29, 0.717) is 19.6 Å². The fraction of sp³-hybridized carbons (Fsp3) is 0.667. The third-order valence-electron chi connectivity index (χ3n) is 1.39. The van der Waals surface area contributed by atoms with Crippen LogP contribution in [0.25, 0.3) is 0 Å². The molecule has 1 aliphatic heterocycles. The van der Waals surface area contributed by atoms with E-state index in [1.165, 1.54) is 0 Å². The molecule has 3 heteroatoms. The van der Waals surface area contributed by atoms with Crippen molar-refractivity contribution in [1.82, 2.24) is 0 Å². The summed E-state index contributed by atoms with van der Waals surface area (Å²) in [5.41, 5.74) is 5.80. The van der Waals surface area contributed by atoms with Gasteiger partial charge in [0.2, 0.25) is 0 Å². The number of hydrogen-bond acceptors (Lipinski definition) is 2. The van der Waals surface area contributed by atoms with Crippen LogP contribution < -0.4 is 5.73 Å². The summed E-state index contributed by atoms with van der Waals surface area (Å²) in [6.45, 7) is 1.09. The first-order valence-electron chi connectivity index (χ1n) is 2.99. The maximum Gasteiger partial charge on any atom is 0.115 e. The zero-order chi connectivity index (χ0) is 6.69. The highest BCUT2D eigenvalue weighted by Crippen LogP contribution is 2.15. The predicted octanol–water partition coefficient (Wildman–Crippen LogP) is 0.589. The average molecular weight is 131 g/mol. The van der Waals surface area contributed by atoms with Crippen LogP contribution in [0, 0.1) is 0 Å². The Morgan fingerprint density at radius 1 is 1.78 bits per heavy atom. The van der Waals surface area contributed by atoms with Crippen molar-refractivity contribution in [2.75, 3.05) is 19.8 Å². The summed E-state index contributed by atoms with van der Waals surface area (Å²) in [7, 11) is 0. The molecule has 0 atom stereocenters. The van der Waals surface area contributed by atoms with Crippen LogP contribution in [-0.4, -0.2) is 19.8 Å². The Balaban J connectivity index is 2.55. The fourth-order valence-corrected chi connectivity index (χ4v) is 0.821. The molecule has 1 rings (SSSR count). The minimum Gasteiger partial charge on any atom is -0.377 e. The second kappa shape index (κ2) is 2.94. The molecule has 0 aliphatic carbocycles. The van der Waals surface area contributed by atoms with Crippen molar-refractivity contribution in [3.05, 3.63) is 11.4 Å². The van der Waals surface area contributed by atoms with Crippen LogP contribution in [0.5, 0.6) is 0 Å². The zero-order valence-corrected chi connectivity index (χ0v) is 5.19. The van der Waals surface area contributed by atoms with E-state index in [2.05, 4.69) is 0 Å². The van der Waals surface area contributed by atoms with Gasteiger partial charge in [0.05, 0.1) is 13.2 Å². The number of halogens is 1. The van der Waals surface area contributed by atoms with Crippen LogP contribution >= 0.6 is 0 Å². The predicted molar refractivity (Wildman–Crippen MR) is 32.6 cm³/mol. The highest BCUT2D eigenvalue weighted by atomic mass is 19.1. The smallest absolute Gasteiger partial charge is 0.115 e. The van der Waals surface area contributed by atoms with Gasteiger partial charge >= 0.3 is 0 Å². The van der Waals surface area contributed by atoms with Gasteiger partial charge in [0.15, 0.2) is 0 Å². The van der Waals surface area contributed by atoms with Crippen molar-refractivity contribution in [2.24, 2.45) is 5.73 Å². The molecule has 2 nitrogen and oxygen atoms in total. The molecule has 52 valence electrons. The van der Waals surface area contributed by atoms with Gasteiger partial charge in [-0.05, 0) is 12.0 Å². The van der Waals surface area contributed by atoms with E-state index in [4.69, 9.17) is 10.5 Å². The number of nitrogens with two attached hydrogens (primary N) is 1. The van der Waals surface area contributed by atoms with Gasteiger partial charge in [-0.2, -0.15) is 0 Å². The minimum absolute atomic E-state index is 0.0126. The average Bonchev–Trinajstić information content (AvgIpc) is 2.37. The Hall–Kier alpha value is -0.410. The molecule has 1 heterocycles. The summed E-state index contributed by atoms with van der Waals surface area (Å²) in [6.07, 6.45) is 0.711. The Morgan fingerprint density at radius 3 is 3.00 bits per heavy atom. The summed E-state index contributed by atoms with van der Waals surface area (Å²) in [6, 6.07) is 0. The molecule has 0 radical (unpaired) electrons. The lowest BCUT2D eigenvalue weighted by Crippen LogP contribution is -2.02. The van der Waals surface area contributed by atoms with E-state index in [0.717, 1.165) is 5.57 Å². The Kier molecular flexibility index (Phi) is 2.19. The van der Waals surface area contributed by atoms with Gasteiger partial charge in [-0.3, -0.25) is 0 Å². The third kappa shape index (κ3) is 1.50. The van der Waals surface area contributed by atoms with Gasteiger partial charge in [0.25, 0.3) is 0 Å². The minimum atomic E-state index is -0.201. The van der Waals surface area contributed by atoms with Gasteiger partial charge in [0.1, 0.15) is 5.83 Å². The monoisotopic (exact) mass is 131 g/mol. The van der Waals surface area contributed by atoms with Crippen molar-refractivity contribution in [1.29, 1.82) is 0 Å². The van der Waals surface area contributed by atoms with E-state index < -0.39 is 0 Å². The molecule has 0 aromatic carbocycles. The first-order chi connectivity index (χ1) is 4.34. The van der Waals surface area contributed by atoms with Crippen molar-refractivity contribution in [3.63, 3.8) is 0 Å². The zero-order valence-electron chi connectivity index (χ0n) is 5.19. The van der Waals surface area contributed by atoms with Crippen LogP contribution in [0.1, 0.15) is 6.42 Å². The van der Waals surface area contributed by atoms with Crippen LogP contribution in [0.3, 0.4) is 0 Å². The number of ether oxygens (including phenoxy) is 1. The van der Waals surface area contributed by atoms with E-state index in [9.17, 15) is 4.39 Å². The second-order valence-corrected chi connectivity index (χ2v) is 2.02. The van der Waals surface area contributed by atoms with Gasteiger partial charge in [-0.1, -0.05) is 0 Å². The van der Waals surface area contributed by atoms with Crippen molar-refractivity contribution in [2.45, 2.75) is 6.42 Å². The fourth-order valence-electron chi connectivity index (χ4n) is 0.821. The summed E-state index contributed by atoms with van der Waals surface area (Å²) in [4.78, 5) is 0.